The molecule has 0 bridgehead atoms. The lowest BCUT2D eigenvalue weighted by Crippen LogP contribution is -2.01. The molecule has 0 fully saturated rings. The maximum absolute atomic E-state index is 5.36. The molecule has 1 aromatic rings. The number of rotatable bonds is 2. The molecule has 0 aliphatic rings. The summed E-state index contributed by atoms with van der Waals surface area (Å²) in [5, 5.41) is 0. The largest absolute Gasteiger partial charge is 0.330 e. The van der Waals surface area contributed by atoms with Crippen molar-refractivity contribution in [3.63, 3.8) is 0 Å². The van der Waals surface area contributed by atoms with E-state index in [9.17, 15) is 0 Å². The van der Waals surface area contributed by atoms with Gasteiger partial charge in [0, 0.05) is 0 Å². The number of hydrogen-bond donors (Lipinski definition) is 1. The van der Waals surface area contributed by atoms with Crippen molar-refractivity contribution in [2.45, 2.75) is 6.42 Å². The van der Waals surface area contributed by atoms with Crippen molar-refractivity contribution in [2.75, 3.05) is 6.54 Å². The Labute approximate surface area is 78.0 Å². The van der Waals surface area contributed by atoms with Crippen molar-refractivity contribution < 1.29 is 14.1 Å². The van der Waals surface area contributed by atoms with E-state index in [0.29, 0.717) is 0 Å². The van der Waals surface area contributed by atoms with E-state index in [1.165, 1.54) is 5.56 Å². The maximum atomic E-state index is 5.36. The maximum Gasteiger partial charge on any atom is 0.0814 e. The normalized spacial score (nSPS) is 6.54. The molecule has 0 saturated heterocycles. The summed E-state index contributed by atoms with van der Waals surface area (Å²) in [6, 6.07) is 10.3. The Hall–Kier alpha value is -0.965. The lowest BCUT2D eigenvalue weighted by atomic mass is 10.2. The standard InChI is InChI=1S/C8H11N.BH3.3FH/c9-7-6-8-4-2-1-3-5-8;;;;/h1-5H,6-7,9H2;1H3;3*1H. The van der Waals surface area contributed by atoms with E-state index in [0.717, 1.165) is 13.0 Å². The molecule has 1 nitrogen and oxygen atoms in total. The molecule has 0 saturated carbocycles. The van der Waals surface area contributed by atoms with Crippen LogP contribution in [0.4, 0.5) is 14.1 Å². The van der Waals surface area contributed by atoms with Crippen molar-refractivity contribution in [3.8, 4) is 0 Å². The topological polar surface area (TPSA) is 26.0 Å². The van der Waals surface area contributed by atoms with Crippen LogP contribution < -0.4 is 5.73 Å². The summed E-state index contributed by atoms with van der Waals surface area (Å²) in [6.45, 7) is 0.740. The molecule has 5 heteroatoms. The highest BCUT2D eigenvalue weighted by molar-refractivity contribution is 5.75. The molecule has 1 rings (SSSR count). The molecule has 0 amide bonds. The summed E-state index contributed by atoms with van der Waals surface area (Å²) in [5.74, 6) is 0. The van der Waals surface area contributed by atoms with E-state index in [1.54, 1.807) is 0 Å². The minimum Gasteiger partial charge on any atom is -0.330 e. The van der Waals surface area contributed by atoms with Crippen LogP contribution in [0.3, 0.4) is 0 Å². The van der Waals surface area contributed by atoms with Gasteiger partial charge in [0.1, 0.15) is 0 Å². The van der Waals surface area contributed by atoms with E-state index >= 15 is 0 Å². The molecule has 0 atom stereocenters. The molecule has 0 radical (unpaired) electrons. The molecule has 0 heterocycles. The zero-order valence-corrected chi connectivity index (χ0v) is 6.60. The van der Waals surface area contributed by atoms with Crippen LogP contribution in [0.15, 0.2) is 30.3 Å². The Balaban J connectivity index is -0.000000101. The fraction of sp³-hybridized carbons (Fsp3) is 0.250. The van der Waals surface area contributed by atoms with Crippen molar-refractivity contribution >= 4 is 8.41 Å². The summed E-state index contributed by atoms with van der Waals surface area (Å²) in [6.07, 6.45) is 0.987. The van der Waals surface area contributed by atoms with E-state index in [4.69, 9.17) is 5.73 Å². The zero-order chi connectivity index (χ0) is 6.53. The van der Waals surface area contributed by atoms with E-state index in [-0.39, 0.29) is 22.5 Å². The smallest absolute Gasteiger partial charge is 0.0814 e. The second kappa shape index (κ2) is 13.6. The lowest BCUT2D eigenvalue weighted by molar-refractivity contribution is 0.969. The molecule has 2 N–H and O–H groups in total. The second-order valence-corrected chi connectivity index (χ2v) is 2.02. The van der Waals surface area contributed by atoms with E-state index in [2.05, 4.69) is 12.1 Å². The number of benzene rings is 1. The van der Waals surface area contributed by atoms with E-state index in [1.807, 2.05) is 18.2 Å². The van der Waals surface area contributed by atoms with Crippen LogP contribution in [0.25, 0.3) is 0 Å². The van der Waals surface area contributed by atoms with Gasteiger partial charge in [0.05, 0.1) is 8.41 Å². The number of halogens is 3. The Morgan fingerprint density at radius 2 is 1.38 bits per heavy atom. The predicted octanol–water partition coefficient (Wildman–Crippen LogP) is 0.461. The highest BCUT2D eigenvalue weighted by atomic mass is 19.0. The van der Waals surface area contributed by atoms with Crippen LogP contribution in [-0.4, -0.2) is 15.0 Å². The third-order valence-corrected chi connectivity index (χ3v) is 1.28. The minimum atomic E-state index is 0. The third kappa shape index (κ3) is 8.95. The van der Waals surface area contributed by atoms with Gasteiger partial charge in [-0.3, -0.25) is 14.1 Å². The quantitative estimate of drug-likeness (QED) is 0.681. The van der Waals surface area contributed by atoms with Gasteiger partial charge >= 0.3 is 0 Å². The van der Waals surface area contributed by atoms with Gasteiger partial charge in [-0.25, -0.2) is 0 Å². The lowest BCUT2D eigenvalue weighted by Gasteiger charge is -1.93. The average molecular weight is 195 g/mol. The average Bonchev–Trinajstić information content (AvgIpc) is 1.91. The molecule has 1 aromatic carbocycles. The van der Waals surface area contributed by atoms with Gasteiger partial charge < -0.3 is 5.73 Å². The Morgan fingerprint density at radius 3 is 1.77 bits per heavy atom. The Bertz CT molecular complexity index is 172. The highest BCUT2D eigenvalue weighted by Crippen LogP contribution is 1.96. The van der Waals surface area contributed by atoms with Gasteiger partial charge in [0.25, 0.3) is 0 Å². The molecule has 78 valence electrons. The van der Waals surface area contributed by atoms with Gasteiger partial charge in [-0.1, -0.05) is 30.3 Å². The monoisotopic (exact) mass is 195 g/mol. The summed E-state index contributed by atoms with van der Waals surface area (Å²) in [4.78, 5) is 0. The first-order valence-electron chi connectivity index (χ1n) is 3.17. The first-order valence-corrected chi connectivity index (χ1v) is 3.17. The van der Waals surface area contributed by atoms with Gasteiger partial charge in [0.15, 0.2) is 0 Å². The summed E-state index contributed by atoms with van der Waals surface area (Å²) >= 11 is 0. The van der Waals surface area contributed by atoms with Gasteiger partial charge in [-0.2, -0.15) is 0 Å². The summed E-state index contributed by atoms with van der Waals surface area (Å²) in [7, 11) is 0. The molecule has 0 unspecified atom stereocenters. The fourth-order valence-corrected chi connectivity index (χ4v) is 0.811. The first-order chi connectivity index (χ1) is 4.43. The van der Waals surface area contributed by atoms with Gasteiger partial charge in [-0.05, 0) is 18.5 Å². The zero-order valence-electron chi connectivity index (χ0n) is 6.60. The van der Waals surface area contributed by atoms with Crippen molar-refractivity contribution in [3.05, 3.63) is 35.9 Å². The second-order valence-electron chi connectivity index (χ2n) is 2.02. The third-order valence-electron chi connectivity index (χ3n) is 1.28. The van der Waals surface area contributed by atoms with E-state index < -0.39 is 0 Å². The molecular weight excluding hydrogens is 178 g/mol. The molecule has 13 heavy (non-hydrogen) atoms. The Morgan fingerprint density at radius 1 is 0.923 bits per heavy atom. The van der Waals surface area contributed by atoms with Crippen LogP contribution in [-0.2, 0) is 6.42 Å². The highest BCUT2D eigenvalue weighted by Gasteiger charge is 1.84. The van der Waals surface area contributed by atoms with Gasteiger partial charge in [0.2, 0.25) is 0 Å². The minimum absolute atomic E-state index is 0. The molecule has 0 aliphatic heterocycles. The Kier molecular flexibility index (Phi) is 23.8. The summed E-state index contributed by atoms with van der Waals surface area (Å²) < 4.78 is 0. The van der Waals surface area contributed by atoms with Crippen LogP contribution in [0, 0.1) is 0 Å². The number of nitrogens with two attached hydrogens (primary N) is 1. The molecule has 0 aliphatic carbocycles. The van der Waals surface area contributed by atoms with Crippen LogP contribution in [0.1, 0.15) is 5.56 Å². The SMILES string of the molecule is B.F.F.F.NCCc1ccccc1. The predicted molar refractivity (Wildman–Crippen MR) is 56.6 cm³/mol. The van der Waals surface area contributed by atoms with Crippen molar-refractivity contribution in [1.82, 2.24) is 0 Å². The van der Waals surface area contributed by atoms with Crippen LogP contribution in [0.2, 0.25) is 0 Å². The van der Waals surface area contributed by atoms with Crippen LogP contribution in [0.5, 0.6) is 0 Å². The molecular formula is C8H17BF3N. The first kappa shape index (κ1) is 22.7. The number of hydrogen-bond acceptors (Lipinski definition) is 1. The van der Waals surface area contributed by atoms with Crippen molar-refractivity contribution in [1.29, 1.82) is 0 Å². The van der Waals surface area contributed by atoms with Gasteiger partial charge in [-0.15, -0.1) is 0 Å². The molecule has 0 spiro atoms. The van der Waals surface area contributed by atoms with Crippen LogP contribution >= 0.6 is 0 Å². The molecule has 0 aromatic heterocycles. The fourth-order valence-electron chi connectivity index (χ4n) is 0.811. The summed E-state index contributed by atoms with van der Waals surface area (Å²) in [5.41, 5.74) is 6.68. The van der Waals surface area contributed by atoms with Crippen molar-refractivity contribution in [2.24, 2.45) is 5.73 Å².